The Hall–Kier alpha value is -4.21. The molecule has 45 heavy (non-hydrogen) atoms. The quantitative estimate of drug-likeness (QED) is 0.170. The van der Waals surface area contributed by atoms with Crippen molar-refractivity contribution in [1.29, 1.82) is 0 Å². The molecule has 0 aromatic heterocycles. The van der Waals surface area contributed by atoms with Gasteiger partial charge in [0.2, 0.25) is 0 Å². The topological polar surface area (TPSA) is 235 Å². The minimum atomic E-state index is -2.51. The van der Waals surface area contributed by atoms with Crippen molar-refractivity contribution in [3.63, 3.8) is 0 Å². The summed E-state index contributed by atoms with van der Waals surface area (Å²) in [7, 11) is 1.49. The summed E-state index contributed by atoms with van der Waals surface area (Å²) in [5, 5.41) is 52.9. The number of esters is 2. The molecule has 244 valence electrons. The minimum Gasteiger partial charge on any atom is -0.493 e. The van der Waals surface area contributed by atoms with E-state index in [1.54, 1.807) is 6.07 Å². The van der Waals surface area contributed by atoms with Crippen LogP contribution in [0.5, 0.6) is 11.5 Å². The first-order chi connectivity index (χ1) is 21.2. The number of amides is 1. The van der Waals surface area contributed by atoms with Gasteiger partial charge < -0.3 is 49.8 Å². The number of ether oxygens (including phenoxy) is 4. The molecule has 15 nitrogen and oxygen atoms in total. The SMILES string of the molecule is COc1ccc2c3c1O[C@H]1C(OC(=O)[C@H](O)[C@@H](O)C(=O)O[C@@H](C)C(=O)N[C@H](CC(=O)O)C(=O)O)=CC[C@@]4(O)[C@@H](C2)C(C)CC[C@]314. The smallest absolute Gasteiger partial charge is 0.343 e. The van der Waals surface area contributed by atoms with E-state index in [9.17, 15) is 39.3 Å². The molecule has 1 saturated carbocycles. The largest absolute Gasteiger partial charge is 0.493 e. The molecule has 5 rings (SSSR count). The highest BCUT2D eigenvalue weighted by atomic mass is 16.6. The van der Waals surface area contributed by atoms with Crippen molar-refractivity contribution < 1.29 is 68.5 Å². The van der Waals surface area contributed by atoms with Gasteiger partial charge in [0.1, 0.15) is 11.8 Å². The lowest BCUT2D eigenvalue weighted by atomic mass is 9.45. The lowest BCUT2D eigenvalue weighted by molar-refractivity contribution is -0.181. The normalized spacial score (nSPS) is 29.8. The Labute approximate surface area is 256 Å². The first-order valence-corrected chi connectivity index (χ1v) is 14.5. The first-order valence-electron chi connectivity index (χ1n) is 14.5. The zero-order chi connectivity index (χ0) is 33.0. The van der Waals surface area contributed by atoms with Gasteiger partial charge >= 0.3 is 23.9 Å². The lowest BCUT2D eigenvalue weighted by Gasteiger charge is -2.61. The fourth-order valence-corrected chi connectivity index (χ4v) is 7.36. The highest BCUT2D eigenvalue weighted by molar-refractivity contribution is 5.91. The third kappa shape index (κ3) is 5.08. The second-order valence-corrected chi connectivity index (χ2v) is 12.0. The Kier molecular flexibility index (Phi) is 8.31. The monoisotopic (exact) mass is 633 g/mol. The molecule has 1 aromatic rings. The van der Waals surface area contributed by atoms with E-state index in [1.807, 2.05) is 11.4 Å². The summed E-state index contributed by atoms with van der Waals surface area (Å²) in [5.74, 6) is -6.42. The second-order valence-electron chi connectivity index (χ2n) is 12.0. The van der Waals surface area contributed by atoms with Crippen LogP contribution in [0.4, 0.5) is 0 Å². The molecule has 1 spiro atoms. The third-order valence-corrected chi connectivity index (χ3v) is 9.59. The minimum absolute atomic E-state index is 0.0189. The number of carbonyl (C=O) groups excluding carboxylic acids is 3. The number of hydrogen-bond acceptors (Lipinski definition) is 12. The molecule has 0 radical (unpaired) electrons. The molecule has 6 N–H and O–H groups in total. The fourth-order valence-electron chi connectivity index (χ4n) is 7.36. The van der Waals surface area contributed by atoms with E-state index in [1.165, 1.54) is 13.2 Å². The highest BCUT2D eigenvalue weighted by Gasteiger charge is 2.72. The summed E-state index contributed by atoms with van der Waals surface area (Å²) >= 11 is 0. The number of rotatable bonds is 11. The van der Waals surface area contributed by atoms with Crippen LogP contribution in [0, 0.1) is 11.8 Å². The van der Waals surface area contributed by atoms with E-state index in [0.717, 1.165) is 24.5 Å². The van der Waals surface area contributed by atoms with E-state index in [4.69, 9.17) is 29.2 Å². The molecule has 1 aliphatic heterocycles. The molecule has 1 amide bonds. The van der Waals surface area contributed by atoms with Gasteiger partial charge in [-0.25, -0.2) is 14.4 Å². The summed E-state index contributed by atoms with van der Waals surface area (Å²) in [6.07, 6.45) is -5.10. The maximum atomic E-state index is 13.0. The molecule has 4 aliphatic rings. The number of hydrogen-bond donors (Lipinski definition) is 6. The number of carbonyl (C=O) groups is 5. The van der Waals surface area contributed by atoms with Crippen LogP contribution >= 0.6 is 0 Å². The molecule has 1 heterocycles. The molecule has 1 aromatic carbocycles. The maximum absolute atomic E-state index is 13.0. The van der Waals surface area contributed by atoms with Crippen molar-refractivity contribution in [2.75, 3.05) is 7.11 Å². The summed E-state index contributed by atoms with van der Waals surface area (Å²) in [5.41, 5.74) is -0.412. The van der Waals surface area contributed by atoms with E-state index in [2.05, 4.69) is 6.92 Å². The lowest BCUT2D eigenvalue weighted by Crippen LogP contribution is -2.69. The zero-order valence-corrected chi connectivity index (χ0v) is 24.7. The van der Waals surface area contributed by atoms with Gasteiger partial charge in [-0.2, -0.15) is 0 Å². The summed E-state index contributed by atoms with van der Waals surface area (Å²) in [6.45, 7) is 3.11. The Morgan fingerprint density at radius 3 is 2.44 bits per heavy atom. The number of carboxylic acids is 2. The second kappa shape index (κ2) is 11.6. The zero-order valence-electron chi connectivity index (χ0n) is 24.7. The van der Waals surface area contributed by atoms with Crippen molar-refractivity contribution in [2.24, 2.45) is 11.8 Å². The average molecular weight is 634 g/mol. The van der Waals surface area contributed by atoms with Gasteiger partial charge in [0.25, 0.3) is 5.91 Å². The molecule has 2 bridgehead atoms. The van der Waals surface area contributed by atoms with E-state index < -0.39 is 77.7 Å². The van der Waals surface area contributed by atoms with Crippen molar-refractivity contribution in [1.82, 2.24) is 5.32 Å². The van der Waals surface area contributed by atoms with Crippen LogP contribution in [0.1, 0.15) is 50.7 Å². The Morgan fingerprint density at radius 1 is 1.11 bits per heavy atom. The average Bonchev–Trinajstić information content (AvgIpc) is 3.34. The number of nitrogens with one attached hydrogen (secondary N) is 1. The number of carboxylic acid groups (broad SMARTS) is 2. The van der Waals surface area contributed by atoms with Crippen molar-refractivity contribution >= 4 is 29.8 Å². The van der Waals surface area contributed by atoms with Gasteiger partial charge in [0.05, 0.1) is 24.5 Å². The fraction of sp³-hybridized carbons (Fsp3) is 0.567. The summed E-state index contributed by atoms with van der Waals surface area (Å²) in [4.78, 5) is 59.8. The van der Waals surface area contributed by atoms with Crippen molar-refractivity contribution in [3.05, 3.63) is 35.1 Å². The number of aliphatic carboxylic acids is 2. The maximum Gasteiger partial charge on any atom is 0.343 e. The summed E-state index contributed by atoms with van der Waals surface area (Å²) in [6, 6.07) is 1.90. The Balaban J connectivity index is 1.31. The number of aliphatic hydroxyl groups is 3. The van der Waals surface area contributed by atoms with Gasteiger partial charge in [-0.3, -0.25) is 9.59 Å². The van der Waals surface area contributed by atoms with Crippen molar-refractivity contribution in [3.8, 4) is 11.5 Å². The van der Waals surface area contributed by atoms with Crippen LogP contribution in [-0.4, -0.2) is 98.5 Å². The van der Waals surface area contributed by atoms with E-state index in [-0.39, 0.29) is 24.0 Å². The first kappa shape index (κ1) is 32.2. The van der Waals surface area contributed by atoms with Gasteiger partial charge in [-0.05, 0) is 62.1 Å². The van der Waals surface area contributed by atoms with Gasteiger partial charge in [-0.1, -0.05) is 13.0 Å². The van der Waals surface area contributed by atoms with Gasteiger partial charge in [0, 0.05) is 5.56 Å². The third-order valence-electron chi connectivity index (χ3n) is 9.59. The molecular formula is C30H35NO14. The number of aliphatic hydroxyl groups excluding tert-OH is 2. The molecule has 0 saturated heterocycles. The number of benzene rings is 1. The summed E-state index contributed by atoms with van der Waals surface area (Å²) < 4.78 is 22.2. The van der Waals surface area contributed by atoms with Crippen LogP contribution in [0.15, 0.2) is 24.0 Å². The van der Waals surface area contributed by atoms with Crippen LogP contribution in [-0.2, 0) is 45.3 Å². The van der Waals surface area contributed by atoms with Crippen LogP contribution in [0.25, 0.3) is 0 Å². The molecule has 3 aliphatic carbocycles. The molecule has 1 fully saturated rings. The Morgan fingerprint density at radius 2 is 1.80 bits per heavy atom. The standard InChI is InChI=1S/C30H35NO14/c1-12-6-8-29-20-14-4-5-17(42-3)23(20)45-24(29)18(7-9-30(29,41)15(12)10-14)44-28(40)22(35)21(34)27(39)43-13(2)25(36)31-16(26(37)38)11-19(32)33/h4-5,7,12-13,15-16,21-22,24,34-35,41H,6,8-11H2,1-3H3,(H,31,36)(H,32,33)(H,37,38)/t12?,13-,15-,16+,21+,22+,24-,29-,30+/m0/s1. The molecule has 1 unspecified atom stereocenters. The van der Waals surface area contributed by atoms with Crippen LogP contribution in [0.3, 0.4) is 0 Å². The number of methoxy groups -OCH3 is 1. The molecular weight excluding hydrogens is 598 g/mol. The van der Waals surface area contributed by atoms with Gasteiger partial charge in [-0.15, -0.1) is 0 Å². The van der Waals surface area contributed by atoms with E-state index >= 15 is 0 Å². The molecule has 15 heteroatoms. The predicted molar refractivity (Wildman–Crippen MR) is 148 cm³/mol. The molecule has 9 atom stereocenters. The highest BCUT2D eigenvalue weighted by Crippen LogP contribution is 2.68. The predicted octanol–water partition coefficient (Wildman–Crippen LogP) is -0.444. The van der Waals surface area contributed by atoms with Crippen LogP contribution < -0.4 is 14.8 Å². The van der Waals surface area contributed by atoms with Crippen molar-refractivity contribution in [2.45, 2.75) is 87.4 Å². The van der Waals surface area contributed by atoms with E-state index in [0.29, 0.717) is 24.3 Å². The van der Waals surface area contributed by atoms with Crippen LogP contribution in [0.2, 0.25) is 0 Å². The van der Waals surface area contributed by atoms with Gasteiger partial charge in [0.15, 0.2) is 35.9 Å². The Bertz CT molecular complexity index is 1470.